The maximum Gasteiger partial charge on any atom is 0.340 e. The first-order valence-electron chi connectivity index (χ1n) is 8.69. The number of esters is 2. The number of carbonyl (C=O) groups is 2. The maximum absolute atomic E-state index is 12.4. The van der Waals surface area contributed by atoms with E-state index in [2.05, 4.69) is 0 Å². The molecule has 0 atom stereocenters. The molecule has 6 heteroatoms. The molecule has 1 aromatic heterocycles. The minimum atomic E-state index is -0.484. The third kappa shape index (κ3) is 3.95. The minimum absolute atomic E-state index is 0.0388. The molecular weight excluding hydrogens is 346 g/mol. The molecule has 0 unspecified atom stereocenters. The highest BCUT2D eigenvalue weighted by molar-refractivity contribution is 6.06. The predicted molar refractivity (Wildman–Crippen MR) is 101 cm³/mol. The summed E-state index contributed by atoms with van der Waals surface area (Å²) in [5, 5.41) is 10.3. The number of hydrogen-bond acceptors (Lipinski definition) is 5. The zero-order chi connectivity index (χ0) is 19.4. The Morgan fingerprint density at radius 2 is 1.81 bits per heavy atom. The van der Waals surface area contributed by atoms with E-state index in [9.17, 15) is 14.7 Å². The lowest BCUT2D eigenvalue weighted by Crippen LogP contribution is -2.15. The van der Waals surface area contributed by atoms with Crippen LogP contribution in [-0.4, -0.2) is 28.2 Å². The first-order chi connectivity index (χ1) is 13.0. The Morgan fingerprint density at radius 3 is 2.52 bits per heavy atom. The summed E-state index contributed by atoms with van der Waals surface area (Å²) in [6.45, 7) is 3.85. The van der Waals surface area contributed by atoms with Gasteiger partial charge in [-0.25, -0.2) is 4.79 Å². The van der Waals surface area contributed by atoms with Gasteiger partial charge in [0, 0.05) is 16.6 Å². The van der Waals surface area contributed by atoms with Crippen LogP contribution in [0, 0.1) is 6.92 Å². The van der Waals surface area contributed by atoms with Crippen molar-refractivity contribution in [2.45, 2.75) is 27.0 Å². The largest absolute Gasteiger partial charge is 0.508 e. The molecular formula is C21H21NO5. The Labute approximate surface area is 156 Å². The van der Waals surface area contributed by atoms with Crippen LogP contribution in [0.25, 0.3) is 10.9 Å². The van der Waals surface area contributed by atoms with Gasteiger partial charge in [0.25, 0.3) is 0 Å². The number of fused-ring (bicyclic) bond motifs is 1. The highest BCUT2D eigenvalue weighted by Crippen LogP contribution is 2.29. The Hall–Kier alpha value is -3.28. The molecule has 0 aliphatic rings. The van der Waals surface area contributed by atoms with E-state index >= 15 is 0 Å². The van der Waals surface area contributed by atoms with Crippen LogP contribution in [-0.2, 0) is 27.4 Å². The zero-order valence-corrected chi connectivity index (χ0v) is 15.3. The molecule has 2 aromatic carbocycles. The summed E-state index contributed by atoms with van der Waals surface area (Å²) < 4.78 is 12.2. The number of phenolic OH excluding ortho intramolecular Hbond substituents is 1. The van der Waals surface area contributed by atoms with Crippen LogP contribution in [0.15, 0.2) is 48.5 Å². The van der Waals surface area contributed by atoms with Gasteiger partial charge in [0.15, 0.2) is 0 Å². The van der Waals surface area contributed by atoms with Crippen LogP contribution in [0.3, 0.4) is 0 Å². The second-order valence-electron chi connectivity index (χ2n) is 6.11. The van der Waals surface area contributed by atoms with Crippen LogP contribution in [0.5, 0.6) is 5.75 Å². The molecule has 0 aliphatic carbocycles. The second-order valence-corrected chi connectivity index (χ2v) is 6.11. The topological polar surface area (TPSA) is 77.8 Å². The summed E-state index contributed by atoms with van der Waals surface area (Å²) in [5.41, 5.74) is 2.49. The number of aromatic hydroxyl groups is 1. The highest BCUT2D eigenvalue weighted by Gasteiger charge is 2.22. The van der Waals surface area contributed by atoms with Gasteiger partial charge in [-0.1, -0.05) is 30.3 Å². The van der Waals surface area contributed by atoms with Crippen molar-refractivity contribution < 1.29 is 24.2 Å². The fourth-order valence-corrected chi connectivity index (χ4v) is 3.05. The molecule has 0 radical (unpaired) electrons. The molecule has 1 N–H and O–H groups in total. The molecule has 6 nitrogen and oxygen atoms in total. The molecule has 0 amide bonds. The summed E-state index contributed by atoms with van der Waals surface area (Å²) >= 11 is 0. The number of carbonyl (C=O) groups excluding carboxylic acids is 2. The normalized spacial score (nSPS) is 10.7. The number of aromatic nitrogens is 1. The summed E-state index contributed by atoms with van der Waals surface area (Å²) in [5.74, 6) is -0.860. The smallest absolute Gasteiger partial charge is 0.340 e. The van der Waals surface area contributed by atoms with Gasteiger partial charge in [-0.05, 0) is 37.6 Å². The van der Waals surface area contributed by atoms with Crippen molar-refractivity contribution in [2.75, 3.05) is 6.61 Å². The molecule has 0 fully saturated rings. The average Bonchev–Trinajstić information content (AvgIpc) is 2.92. The van der Waals surface area contributed by atoms with Gasteiger partial charge in [0.1, 0.15) is 18.9 Å². The van der Waals surface area contributed by atoms with E-state index in [-0.39, 0.29) is 25.5 Å². The lowest BCUT2D eigenvalue weighted by Gasteiger charge is -2.09. The molecule has 140 valence electrons. The summed E-state index contributed by atoms with van der Waals surface area (Å²) in [6, 6.07) is 14.1. The molecule has 27 heavy (non-hydrogen) atoms. The van der Waals surface area contributed by atoms with Crippen molar-refractivity contribution in [3.63, 3.8) is 0 Å². The van der Waals surface area contributed by atoms with Gasteiger partial charge in [-0.3, -0.25) is 4.79 Å². The third-order valence-electron chi connectivity index (χ3n) is 4.32. The van der Waals surface area contributed by atoms with Crippen molar-refractivity contribution in [2.24, 2.45) is 0 Å². The maximum atomic E-state index is 12.4. The Morgan fingerprint density at radius 1 is 1.07 bits per heavy atom. The van der Waals surface area contributed by atoms with Crippen molar-refractivity contribution in [3.05, 3.63) is 65.4 Å². The van der Waals surface area contributed by atoms with E-state index in [0.29, 0.717) is 22.2 Å². The first kappa shape index (κ1) is 18.5. The first-order valence-corrected chi connectivity index (χ1v) is 8.69. The van der Waals surface area contributed by atoms with Crippen molar-refractivity contribution in [3.8, 4) is 5.75 Å². The van der Waals surface area contributed by atoms with Crippen LogP contribution < -0.4 is 0 Å². The minimum Gasteiger partial charge on any atom is -0.508 e. The molecule has 0 saturated carbocycles. The van der Waals surface area contributed by atoms with Crippen LogP contribution in [0.2, 0.25) is 0 Å². The molecule has 0 bridgehead atoms. The number of nitrogens with zero attached hydrogens (tertiary/aromatic N) is 1. The van der Waals surface area contributed by atoms with Gasteiger partial charge >= 0.3 is 11.9 Å². The van der Waals surface area contributed by atoms with E-state index in [1.165, 1.54) is 12.1 Å². The summed E-state index contributed by atoms with van der Waals surface area (Å²) in [7, 11) is 0. The number of phenols is 1. The van der Waals surface area contributed by atoms with Gasteiger partial charge in [0.05, 0.1) is 12.2 Å². The Kier molecular flexibility index (Phi) is 5.45. The van der Waals surface area contributed by atoms with E-state index in [1.54, 1.807) is 24.5 Å². The molecule has 0 aliphatic heterocycles. The van der Waals surface area contributed by atoms with Crippen LogP contribution in [0.4, 0.5) is 0 Å². The molecule has 1 heterocycles. The second kappa shape index (κ2) is 7.95. The van der Waals surface area contributed by atoms with Gasteiger partial charge in [-0.15, -0.1) is 0 Å². The van der Waals surface area contributed by atoms with Gasteiger partial charge in [0.2, 0.25) is 0 Å². The predicted octanol–water partition coefficient (Wildman–Crippen LogP) is 3.58. The highest BCUT2D eigenvalue weighted by atomic mass is 16.5. The lowest BCUT2D eigenvalue weighted by atomic mass is 10.1. The molecule has 0 saturated heterocycles. The SMILES string of the molecule is CCOC(=O)c1c(C)n(CC(=O)OCc2ccccc2)c2ccc(O)cc12. The van der Waals surface area contributed by atoms with E-state index in [4.69, 9.17) is 9.47 Å². The number of benzene rings is 2. The van der Waals surface area contributed by atoms with E-state index in [0.717, 1.165) is 5.56 Å². The van der Waals surface area contributed by atoms with Crippen molar-refractivity contribution >= 4 is 22.8 Å². The third-order valence-corrected chi connectivity index (χ3v) is 4.32. The van der Waals surface area contributed by atoms with Crippen LogP contribution in [0.1, 0.15) is 28.5 Å². The fraction of sp³-hybridized carbons (Fsp3) is 0.238. The summed E-state index contributed by atoms with van der Waals surface area (Å²) in [6.07, 6.45) is 0. The van der Waals surface area contributed by atoms with E-state index in [1.807, 2.05) is 30.3 Å². The quantitative estimate of drug-likeness (QED) is 0.674. The lowest BCUT2D eigenvalue weighted by molar-refractivity contribution is -0.145. The average molecular weight is 367 g/mol. The molecule has 0 spiro atoms. The van der Waals surface area contributed by atoms with Crippen molar-refractivity contribution in [1.82, 2.24) is 4.57 Å². The monoisotopic (exact) mass is 367 g/mol. The standard InChI is InChI=1S/C21H21NO5/c1-3-26-21(25)20-14(2)22(18-10-9-16(23)11-17(18)20)12-19(24)27-13-15-7-5-4-6-8-15/h4-11,23H,3,12-13H2,1-2H3. The van der Waals surface area contributed by atoms with E-state index < -0.39 is 11.9 Å². The Balaban J connectivity index is 1.88. The van der Waals surface area contributed by atoms with Gasteiger partial charge in [-0.2, -0.15) is 0 Å². The summed E-state index contributed by atoms with van der Waals surface area (Å²) in [4.78, 5) is 24.7. The zero-order valence-electron chi connectivity index (χ0n) is 15.3. The van der Waals surface area contributed by atoms with Crippen LogP contribution >= 0.6 is 0 Å². The van der Waals surface area contributed by atoms with Crippen molar-refractivity contribution in [1.29, 1.82) is 0 Å². The fourth-order valence-electron chi connectivity index (χ4n) is 3.05. The molecule has 3 aromatic rings. The number of rotatable bonds is 6. The molecule has 3 rings (SSSR count). The Bertz CT molecular complexity index is 975. The number of hydrogen-bond donors (Lipinski definition) is 1. The van der Waals surface area contributed by atoms with Gasteiger partial charge < -0.3 is 19.1 Å². The number of ether oxygens (including phenoxy) is 2.